The molecule has 30 heavy (non-hydrogen) atoms. The summed E-state index contributed by atoms with van der Waals surface area (Å²) in [5.74, 6) is -0.212. The van der Waals surface area contributed by atoms with Gasteiger partial charge in [-0.2, -0.15) is 0 Å². The van der Waals surface area contributed by atoms with Crippen molar-refractivity contribution in [2.24, 2.45) is 0 Å². The number of amides is 2. The van der Waals surface area contributed by atoms with Crippen LogP contribution in [0.25, 0.3) is 0 Å². The fourth-order valence-electron chi connectivity index (χ4n) is 2.69. The number of nitrogens with one attached hydrogen (secondary N) is 2. The molecule has 0 aliphatic heterocycles. The van der Waals surface area contributed by atoms with Crippen molar-refractivity contribution in [3.05, 3.63) is 88.9 Å². The topological polar surface area (TPSA) is 84.5 Å². The van der Waals surface area contributed by atoms with Crippen molar-refractivity contribution in [2.45, 2.75) is 6.92 Å². The molecule has 3 rings (SSSR count). The fourth-order valence-corrected chi connectivity index (χ4v) is 2.82. The van der Waals surface area contributed by atoms with Crippen LogP contribution in [0.5, 0.6) is 5.75 Å². The maximum Gasteiger partial charge on any atom is 0.262 e. The van der Waals surface area contributed by atoms with Gasteiger partial charge < -0.3 is 15.4 Å². The van der Waals surface area contributed by atoms with Crippen LogP contribution in [0.3, 0.4) is 0 Å². The molecule has 0 radical (unpaired) electrons. The lowest BCUT2D eigenvalue weighted by atomic mass is 10.0. The highest BCUT2D eigenvalue weighted by atomic mass is 35.5. The Bertz CT molecular complexity index is 1060. The number of hydrogen-bond donors (Lipinski definition) is 2. The van der Waals surface area contributed by atoms with Gasteiger partial charge in [0.15, 0.2) is 12.4 Å². The van der Waals surface area contributed by atoms with Crippen molar-refractivity contribution in [1.82, 2.24) is 0 Å². The van der Waals surface area contributed by atoms with E-state index in [1.54, 1.807) is 72.8 Å². The molecule has 152 valence electrons. The van der Waals surface area contributed by atoms with Gasteiger partial charge in [0.2, 0.25) is 5.91 Å². The summed E-state index contributed by atoms with van der Waals surface area (Å²) < 4.78 is 5.48. The van der Waals surface area contributed by atoms with Crippen LogP contribution in [-0.4, -0.2) is 24.2 Å². The molecule has 0 bridgehead atoms. The first-order valence-electron chi connectivity index (χ1n) is 9.11. The van der Waals surface area contributed by atoms with Crippen molar-refractivity contribution < 1.29 is 19.1 Å². The summed E-state index contributed by atoms with van der Waals surface area (Å²) in [6.45, 7) is 1.21. The number of carbonyl (C=O) groups excluding carboxylic acids is 3. The minimum absolute atomic E-state index is 0.130. The van der Waals surface area contributed by atoms with Gasteiger partial charge in [0.25, 0.3) is 5.91 Å². The Morgan fingerprint density at radius 2 is 1.40 bits per heavy atom. The van der Waals surface area contributed by atoms with Crippen LogP contribution in [0.2, 0.25) is 5.02 Å². The molecule has 3 aromatic rings. The van der Waals surface area contributed by atoms with Gasteiger partial charge in [-0.1, -0.05) is 17.7 Å². The van der Waals surface area contributed by atoms with Crippen molar-refractivity contribution in [2.75, 3.05) is 17.2 Å². The average molecular weight is 423 g/mol. The third-order valence-corrected chi connectivity index (χ3v) is 4.31. The number of hydrogen-bond acceptors (Lipinski definition) is 4. The Balaban J connectivity index is 1.54. The molecule has 0 heterocycles. The van der Waals surface area contributed by atoms with Crippen molar-refractivity contribution in [1.29, 1.82) is 0 Å². The minimum atomic E-state index is -0.351. The summed E-state index contributed by atoms with van der Waals surface area (Å²) in [5, 5.41) is 5.92. The highest BCUT2D eigenvalue weighted by molar-refractivity contribution is 6.30. The van der Waals surface area contributed by atoms with Gasteiger partial charge in [0.05, 0.1) is 0 Å². The van der Waals surface area contributed by atoms with Crippen LogP contribution in [0, 0.1) is 0 Å². The van der Waals surface area contributed by atoms with Crippen LogP contribution in [0.1, 0.15) is 22.8 Å². The first kappa shape index (κ1) is 21.1. The van der Waals surface area contributed by atoms with Crippen LogP contribution in [0.15, 0.2) is 72.8 Å². The lowest BCUT2D eigenvalue weighted by Crippen LogP contribution is -2.20. The summed E-state index contributed by atoms with van der Waals surface area (Å²) in [6, 6.07) is 20.0. The van der Waals surface area contributed by atoms with Crippen molar-refractivity contribution >= 4 is 40.6 Å². The molecular weight excluding hydrogens is 404 g/mol. The molecule has 0 saturated carbocycles. The molecule has 6 nitrogen and oxygen atoms in total. The standard InChI is InChI=1S/C23H19ClN2O4/c1-15(27)25-19-3-2-4-20(13-19)26-22(28)14-30-21-11-7-17(8-12-21)23(29)16-5-9-18(24)10-6-16/h2-13H,14H2,1H3,(H,25,27)(H,26,28). The SMILES string of the molecule is CC(=O)Nc1cccc(NC(=O)COc2ccc(C(=O)c3ccc(Cl)cc3)cc2)c1. The Hall–Kier alpha value is -3.64. The van der Waals surface area contributed by atoms with Gasteiger partial charge in [-0.25, -0.2) is 0 Å². The number of ketones is 1. The lowest BCUT2D eigenvalue weighted by Gasteiger charge is -2.09. The predicted octanol–water partition coefficient (Wildman–Crippen LogP) is 4.55. The monoisotopic (exact) mass is 422 g/mol. The van der Waals surface area contributed by atoms with E-state index in [0.717, 1.165) is 0 Å². The quantitative estimate of drug-likeness (QED) is 0.547. The van der Waals surface area contributed by atoms with E-state index >= 15 is 0 Å². The Morgan fingerprint density at radius 1 is 0.833 bits per heavy atom. The van der Waals surface area contributed by atoms with E-state index < -0.39 is 0 Å². The zero-order valence-corrected chi connectivity index (χ0v) is 16.9. The fraction of sp³-hybridized carbons (Fsp3) is 0.0870. The molecule has 7 heteroatoms. The van der Waals surface area contributed by atoms with E-state index in [1.807, 2.05) is 0 Å². The zero-order chi connectivity index (χ0) is 21.5. The number of halogens is 1. The third-order valence-electron chi connectivity index (χ3n) is 4.06. The molecule has 2 N–H and O–H groups in total. The number of benzene rings is 3. The van der Waals surface area contributed by atoms with E-state index in [4.69, 9.17) is 16.3 Å². The first-order valence-corrected chi connectivity index (χ1v) is 9.49. The zero-order valence-electron chi connectivity index (χ0n) is 16.1. The molecule has 0 unspecified atom stereocenters. The second kappa shape index (κ2) is 9.71. The molecule has 0 aromatic heterocycles. The number of carbonyl (C=O) groups is 3. The molecular formula is C23H19ClN2O4. The largest absolute Gasteiger partial charge is 0.484 e. The third kappa shape index (κ3) is 5.93. The molecule has 0 atom stereocenters. The number of ether oxygens (including phenoxy) is 1. The maximum atomic E-state index is 12.5. The predicted molar refractivity (Wildman–Crippen MR) is 116 cm³/mol. The van der Waals surface area contributed by atoms with E-state index in [1.165, 1.54) is 6.92 Å². The average Bonchev–Trinajstić information content (AvgIpc) is 2.72. The van der Waals surface area contributed by atoms with Crippen LogP contribution < -0.4 is 15.4 Å². The first-order chi connectivity index (χ1) is 14.4. The van der Waals surface area contributed by atoms with E-state index in [-0.39, 0.29) is 24.2 Å². The Morgan fingerprint density at radius 3 is 2.00 bits per heavy atom. The summed E-state index contributed by atoms with van der Waals surface area (Å²) >= 11 is 5.84. The van der Waals surface area contributed by atoms with Gasteiger partial charge in [0.1, 0.15) is 5.75 Å². The Kier molecular flexibility index (Phi) is 6.83. The highest BCUT2D eigenvalue weighted by Crippen LogP contribution is 2.18. The van der Waals surface area contributed by atoms with Gasteiger partial charge in [-0.15, -0.1) is 0 Å². The number of rotatable bonds is 7. The van der Waals surface area contributed by atoms with Crippen molar-refractivity contribution in [3.8, 4) is 5.75 Å². The Labute approximate surface area is 178 Å². The molecule has 3 aromatic carbocycles. The van der Waals surface area contributed by atoms with E-state index in [2.05, 4.69) is 10.6 Å². The van der Waals surface area contributed by atoms with Crippen LogP contribution >= 0.6 is 11.6 Å². The minimum Gasteiger partial charge on any atom is -0.484 e. The second-order valence-electron chi connectivity index (χ2n) is 6.46. The molecule has 0 fully saturated rings. The van der Waals surface area contributed by atoms with E-state index in [0.29, 0.717) is 33.3 Å². The molecule has 2 amide bonds. The van der Waals surface area contributed by atoms with Gasteiger partial charge in [-0.05, 0) is 66.7 Å². The van der Waals surface area contributed by atoms with Crippen LogP contribution in [-0.2, 0) is 9.59 Å². The number of anilines is 2. The molecule has 0 saturated heterocycles. The highest BCUT2D eigenvalue weighted by Gasteiger charge is 2.10. The normalized spacial score (nSPS) is 10.2. The van der Waals surface area contributed by atoms with Gasteiger partial charge in [-0.3, -0.25) is 14.4 Å². The molecule has 0 aliphatic rings. The van der Waals surface area contributed by atoms with Gasteiger partial charge >= 0.3 is 0 Å². The smallest absolute Gasteiger partial charge is 0.262 e. The second-order valence-corrected chi connectivity index (χ2v) is 6.90. The van der Waals surface area contributed by atoms with Gasteiger partial charge in [0, 0.05) is 34.4 Å². The summed E-state index contributed by atoms with van der Waals surface area (Å²) in [4.78, 5) is 35.7. The van der Waals surface area contributed by atoms with E-state index in [9.17, 15) is 14.4 Å². The maximum absolute atomic E-state index is 12.5. The lowest BCUT2D eigenvalue weighted by molar-refractivity contribution is -0.118. The molecule has 0 aliphatic carbocycles. The summed E-state index contributed by atoms with van der Waals surface area (Å²) in [5.41, 5.74) is 2.17. The van der Waals surface area contributed by atoms with Crippen LogP contribution in [0.4, 0.5) is 11.4 Å². The summed E-state index contributed by atoms with van der Waals surface area (Å²) in [6.07, 6.45) is 0. The summed E-state index contributed by atoms with van der Waals surface area (Å²) in [7, 11) is 0. The molecule has 0 spiro atoms. The van der Waals surface area contributed by atoms with Crippen molar-refractivity contribution in [3.63, 3.8) is 0 Å².